The van der Waals surface area contributed by atoms with E-state index in [9.17, 15) is 9.59 Å². The maximum atomic E-state index is 12.9. The molecule has 3 rings (SSSR count). The molecule has 0 saturated carbocycles. The molecule has 0 unspecified atom stereocenters. The molecule has 3 aromatic rings. The van der Waals surface area contributed by atoms with Crippen LogP contribution in [0.2, 0.25) is 0 Å². The first-order valence-electron chi connectivity index (χ1n) is 13.0. The van der Waals surface area contributed by atoms with Gasteiger partial charge in [-0.25, -0.2) is 0 Å². The lowest BCUT2D eigenvalue weighted by Crippen LogP contribution is -2.15. The number of carbonyl (C=O) groups is 2. The molecule has 0 spiro atoms. The number of nitrogens with one attached hydrogen (secondary N) is 2. The van der Waals surface area contributed by atoms with E-state index < -0.39 is 0 Å². The number of anilines is 2. The molecule has 0 fully saturated rings. The SMILES string of the molecule is CCCCCCCCCCOc1ccc(C(=O)Nc2cc(C(=O)Nc3cc(C)ns3)ccc2OC)cc1. The lowest BCUT2D eigenvalue weighted by Gasteiger charge is -2.12. The summed E-state index contributed by atoms with van der Waals surface area (Å²) in [5, 5.41) is 6.33. The van der Waals surface area contributed by atoms with Crippen LogP contribution in [0.3, 0.4) is 0 Å². The molecule has 1 aromatic heterocycles. The fourth-order valence-corrected chi connectivity index (χ4v) is 4.53. The number of methoxy groups -OCH3 is 1. The van der Waals surface area contributed by atoms with Crippen LogP contribution < -0.4 is 20.1 Å². The molecule has 198 valence electrons. The first-order valence-corrected chi connectivity index (χ1v) is 13.7. The van der Waals surface area contributed by atoms with E-state index in [4.69, 9.17) is 9.47 Å². The molecule has 0 bridgehead atoms. The number of aryl methyl sites for hydroxylation is 1. The first kappa shape index (κ1) is 28.2. The highest BCUT2D eigenvalue weighted by Crippen LogP contribution is 2.27. The Kier molecular flexibility index (Phi) is 11.4. The molecule has 2 aromatic carbocycles. The number of carbonyl (C=O) groups excluding carboxylic acids is 2. The zero-order valence-electron chi connectivity index (χ0n) is 22.0. The molecule has 2 N–H and O–H groups in total. The normalized spacial score (nSPS) is 10.7. The van der Waals surface area contributed by atoms with Gasteiger partial charge in [0.25, 0.3) is 11.8 Å². The number of amides is 2. The van der Waals surface area contributed by atoms with Crippen molar-refractivity contribution in [1.29, 1.82) is 0 Å². The summed E-state index contributed by atoms with van der Waals surface area (Å²) >= 11 is 1.22. The van der Waals surface area contributed by atoms with Gasteiger partial charge in [0, 0.05) is 11.1 Å². The highest BCUT2D eigenvalue weighted by Gasteiger charge is 2.15. The average molecular weight is 524 g/mol. The van der Waals surface area contributed by atoms with Crippen molar-refractivity contribution in [1.82, 2.24) is 4.37 Å². The Labute approximate surface area is 223 Å². The standard InChI is InChI=1S/C29H37N3O4S/c1-4-5-6-7-8-9-10-11-18-36-24-15-12-22(13-16-24)28(33)30-25-20-23(14-17-26(25)35-3)29(34)31-27-19-21(2)32-37-27/h12-17,19-20H,4-11,18H2,1-3H3,(H,30,33)(H,31,34). The summed E-state index contributed by atoms with van der Waals surface area (Å²) in [5.74, 6) is 0.612. The summed E-state index contributed by atoms with van der Waals surface area (Å²) in [5.41, 5.74) is 2.13. The minimum Gasteiger partial charge on any atom is -0.495 e. The summed E-state index contributed by atoms with van der Waals surface area (Å²) in [6, 6.07) is 13.8. The van der Waals surface area contributed by atoms with Crippen LogP contribution in [0.5, 0.6) is 11.5 Å². The van der Waals surface area contributed by atoms with Gasteiger partial charge < -0.3 is 20.1 Å². The average Bonchev–Trinajstić information content (AvgIpc) is 3.32. The van der Waals surface area contributed by atoms with Crippen LogP contribution in [0.4, 0.5) is 10.7 Å². The Morgan fingerprint density at radius 3 is 2.14 bits per heavy atom. The Bertz CT molecular complexity index is 1140. The van der Waals surface area contributed by atoms with Gasteiger partial charge in [0.2, 0.25) is 0 Å². The van der Waals surface area contributed by atoms with Gasteiger partial charge in [-0.2, -0.15) is 4.37 Å². The Balaban J connectivity index is 1.50. The molecule has 7 nitrogen and oxygen atoms in total. The summed E-state index contributed by atoms with van der Waals surface area (Å²) in [6.45, 7) is 4.78. The van der Waals surface area contributed by atoms with Gasteiger partial charge in [-0.1, -0.05) is 51.9 Å². The number of hydrogen-bond acceptors (Lipinski definition) is 6. The zero-order valence-corrected chi connectivity index (χ0v) is 22.8. The Morgan fingerprint density at radius 2 is 1.49 bits per heavy atom. The van der Waals surface area contributed by atoms with E-state index in [0.717, 1.165) is 17.9 Å². The summed E-state index contributed by atoms with van der Waals surface area (Å²) in [4.78, 5) is 25.5. The molecule has 2 amide bonds. The van der Waals surface area contributed by atoms with E-state index >= 15 is 0 Å². The summed E-state index contributed by atoms with van der Waals surface area (Å²) in [7, 11) is 1.52. The van der Waals surface area contributed by atoms with Crippen molar-refractivity contribution in [3.63, 3.8) is 0 Å². The van der Waals surface area contributed by atoms with E-state index in [-0.39, 0.29) is 11.8 Å². The second-order valence-corrected chi connectivity index (χ2v) is 9.81. The number of aromatic nitrogens is 1. The summed E-state index contributed by atoms with van der Waals surface area (Å²) < 4.78 is 15.4. The quantitative estimate of drug-likeness (QED) is 0.202. The molecule has 1 heterocycles. The molecule has 37 heavy (non-hydrogen) atoms. The number of hydrogen-bond donors (Lipinski definition) is 2. The van der Waals surface area contributed by atoms with Crippen molar-refractivity contribution < 1.29 is 19.1 Å². The topological polar surface area (TPSA) is 89.5 Å². The second kappa shape index (κ2) is 15.0. The van der Waals surface area contributed by atoms with Crippen LogP contribution in [0, 0.1) is 6.92 Å². The van der Waals surface area contributed by atoms with Crippen molar-refractivity contribution in [2.45, 2.75) is 65.2 Å². The van der Waals surface area contributed by atoms with Crippen LogP contribution >= 0.6 is 11.5 Å². The van der Waals surface area contributed by atoms with Crippen molar-refractivity contribution in [2.24, 2.45) is 0 Å². The zero-order chi connectivity index (χ0) is 26.5. The fraction of sp³-hybridized carbons (Fsp3) is 0.414. The monoisotopic (exact) mass is 523 g/mol. The molecule has 0 saturated heterocycles. The third-order valence-corrected chi connectivity index (χ3v) is 6.75. The van der Waals surface area contributed by atoms with E-state index in [0.29, 0.717) is 34.2 Å². The Morgan fingerprint density at radius 1 is 0.838 bits per heavy atom. The third-order valence-electron chi connectivity index (χ3n) is 5.96. The number of unbranched alkanes of at least 4 members (excludes halogenated alkanes) is 7. The lowest BCUT2D eigenvalue weighted by molar-refractivity contribution is 0.101. The van der Waals surface area contributed by atoms with E-state index in [1.54, 1.807) is 48.5 Å². The smallest absolute Gasteiger partial charge is 0.256 e. The van der Waals surface area contributed by atoms with Gasteiger partial charge >= 0.3 is 0 Å². The van der Waals surface area contributed by atoms with Crippen molar-refractivity contribution in [3.8, 4) is 11.5 Å². The summed E-state index contributed by atoms with van der Waals surface area (Å²) in [6.07, 6.45) is 10.0. The second-order valence-electron chi connectivity index (χ2n) is 9.00. The fourth-order valence-electron chi connectivity index (χ4n) is 3.88. The first-order chi connectivity index (χ1) is 18.0. The Hall–Kier alpha value is -3.39. The molecule has 0 aliphatic rings. The van der Waals surface area contributed by atoms with Crippen LogP contribution in [0.25, 0.3) is 0 Å². The molecular weight excluding hydrogens is 486 g/mol. The van der Waals surface area contributed by atoms with Crippen molar-refractivity contribution in [3.05, 3.63) is 65.4 Å². The molecule has 0 aliphatic carbocycles. The molecule has 0 atom stereocenters. The van der Waals surface area contributed by atoms with Gasteiger partial charge in [-0.05, 0) is 73.4 Å². The van der Waals surface area contributed by atoms with Gasteiger partial charge in [0.15, 0.2) is 0 Å². The number of ether oxygens (including phenoxy) is 2. The minimum atomic E-state index is -0.302. The third kappa shape index (κ3) is 9.21. The van der Waals surface area contributed by atoms with Crippen LogP contribution in [-0.4, -0.2) is 29.9 Å². The van der Waals surface area contributed by atoms with Crippen LogP contribution in [0.1, 0.15) is 84.7 Å². The highest BCUT2D eigenvalue weighted by atomic mass is 32.1. The van der Waals surface area contributed by atoms with Crippen molar-refractivity contribution >= 4 is 34.0 Å². The molecular formula is C29H37N3O4S. The molecule has 0 aliphatic heterocycles. The number of benzene rings is 2. The van der Waals surface area contributed by atoms with Gasteiger partial charge in [-0.15, -0.1) is 0 Å². The maximum absolute atomic E-state index is 12.9. The van der Waals surface area contributed by atoms with Crippen LogP contribution in [0.15, 0.2) is 48.5 Å². The highest BCUT2D eigenvalue weighted by molar-refractivity contribution is 7.10. The lowest BCUT2D eigenvalue weighted by atomic mass is 10.1. The van der Waals surface area contributed by atoms with Crippen molar-refractivity contribution in [2.75, 3.05) is 24.4 Å². The predicted molar refractivity (Wildman–Crippen MR) is 150 cm³/mol. The number of nitrogens with zero attached hydrogens (tertiary/aromatic N) is 1. The van der Waals surface area contributed by atoms with Gasteiger partial charge in [0.1, 0.15) is 16.5 Å². The van der Waals surface area contributed by atoms with Crippen LogP contribution in [-0.2, 0) is 0 Å². The maximum Gasteiger partial charge on any atom is 0.256 e. The molecule has 8 heteroatoms. The van der Waals surface area contributed by atoms with E-state index in [1.807, 2.05) is 6.92 Å². The largest absolute Gasteiger partial charge is 0.495 e. The van der Waals surface area contributed by atoms with Gasteiger partial charge in [0.05, 0.1) is 25.1 Å². The minimum absolute atomic E-state index is 0.292. The molecule has 0 radical (unpaired) electrons. The predicted octanol–water partition coefficient (Wildman–Crippen LogP) is 7.48. The number of rotatable bonds is 15. The van der Waals surface area contributed by atoms with E-state index in [1.165, 1.54) is 63.6 Å². The van der Waals surface area contributed by atoms with E-state index in [2.05, 4.69) is 21.9 Å². The van der Waals surface area contributed by atoms with Gasteiger partial charge in [-0.3, -0.25) is 9.59 Å².